The summed E-state index contributed by atoms with van der Waals surface area (Å²) in [4.78, 5) is 38.7. The van der Waals surface area contributed by atoms with E-state index in [0.29, 0.717) is 34.0 Å². The minimum atomic E-state index is -0.515. The molecule has 0 saturated carbocycles. The number of carbonyl (C=O) groups excluding carboxylic acids is 3. The SMILES string of the molecule is COc1cccc(C(=O)Nc2n[nH]c3c2CN(C(=O)NC(=O)c2ccccc2)C3)c1. The zero-order valence-electron chi connectivity index (χ0n) is 16.1. The van der Waals surface area contributed by atoms with Crippen LogP contribution in [0, 0.1) is 0 Å². The summed E-state index contributed by atoms with van der Waals surface area (Å²) >= 11 is 0. The Labute approximate surface area is 172 Å². The number of fused-ring (bicyclic) bond motifs is 1. The van der Waals surface area contributed by atoms with Crippen molar-refractivity contribution in [2.24, 2.45) is 0 Å². The van der Waals surface area contributed by atoms with Gasteiger partial charge in [-0.05, 0) is 30.3 Å². The first-order valence-corrected chi connectivity index (χ1v) is 9.22. The molecule has 1 aliphatic heterocycles. The minimum Gasteiger partial charge on any atom is -0.497 e. The van der Waals surface area contributed by atoms with E-state index in [4.69, 9.17) is 4.74 Å². The van der Waals surface area contributed by atoms with Crippen LogP contribution in [-0.2, 0) is 13.1 Å². The molecule has 2 aromatic carbocycles. The summed E-state index contributed by atoms with van der Waals surface area (Å²) in [5.74, 6) is 0.106. The summed E-state index contributed by atoms with van der Waals surface area (Å²) in [6, 6.07) is 14.7. The Kier molecular flexibility index (Phi) is 5.17. The second-order valence-corrected chi connectivity index (χ2v) is 6.70. The maximum atomic E-state index is 12.5. The fourth-order valence-corrected chi connectivity index (χ4v) is 3.17. The molecule has 0 spiro atoms. The molecule has 0 saturated heterocycles. The molecule has 9 heteroatoms. The van der Waals surface area contributed by atoms with E-state index in [9.17, 15) is 14.4 Å². The van der Waals surface area contributed by atoms with Gasteiger partial charge in [0.15, 0.2) is 5.82 Å². The molecule has 0 atom stereocenters. The monoisotopic (exact) mass is 405 g/mol. The molecule has 2 heterocycles. The number of imide groups is 1. The molecule has 152 valence electrons. The average Bonchev–Trinajstić information content (AvgIpc) is 3.36. The van der Waals surface area contributed by atoms with Crippen molar-refractivity contribution in [2.45, 2.75) is 13.1 Å². The Hall–Kier alpha value is -4.14. The largest absolute Gasteiger partial charge is 0.497 e. The van der Waals surface area contributed by atoms with Gasteiger partial charge in [-0.1, -0.05) is 24.3 Å². The molecular formula is C21H19N5O4. The Morgan fingerprint density at radius 1 is 1.00 bits per heavy atom. The van der Waals surface area contributed by atoms with E-state index in [1.165, 1.54) is 12.0 Å². The smallest absolute Gasteiger partial charge is 0.324 e. The second-order valence-electron chi connectivity index (χ2n) is 6.70. The van der Waals surface area contributed by atoms with Crippen LogP contribution in [0.5, 0.6) is 5.75 Å². The van der Waals surface area contributed by atoms with Gasteiger partial charge >= 0.3 is 6.03 Å². The van der Waals surface area contributed by atoms with Gasteiger partial charge in [0, 0.05) is 16.7 Å². The Morgan fingerprint density at radius 2 is 1.77 bits per heavy atom. The first kappa shape index (κ1) is 19.2. The van der Waals surface area contributed by atoms with Crippen LogP contribution >= 0.6 is 0 Å². The van der Waals surface area contributed by atoms with Crippen molar-refractivity contribution in [1.29, 1.82) is 0 Å². The van der Waals surface area contributed by atoms with Crippen molar-refractivity contribution >= 4 is 23.7 Å². The molecule has 4 rings (SSSR count). The lowest BCUT2D eigenvalue weighted by molar-refractivity contribution is 0.0950. The number of hydrogen-bond donors (Lipinski definition) is 3. The van der Waals surface area contributed by atoms with Crippen molar-refractivity contribution in [3.05, 3.63) is 77.0 Å². The molecule has 1 aliphatic rings. The maximum Gasteiger partial charge on any atom is 0.324 e. The standard InChI is InChI=1S/C21H19N5O4/c1-30-15-9-5-8-14(10-15)20(28)22-18-16-11-26(12-17(16)24-25-18)21(29)23-19(27)13-6-3-2-4-7-13/h2-10H,11-12H2,1H3,(H,23,27,29)(H2,22,24,25,28). The van der Waals surface area contributed by atoms with Gasteiger partial charge in [-0.15, -0.1) is 0 Å². The number of nitrogens with one attached hydrogen (secondary N) is 3. The fourth-order valence-electron chi connectivity index (χ4n) is 3.17. The molecule has 3 aromatic rings. The minimum absolute atomic E-state index is 0.216. The van der Waals surface area contributed by atoms with Gasteiger partial charge < -0.3 is 15.0 Å². The molecule has 3 N–H and O–H groups in total. The van der Waals surface area contributed by atoms with Gasteiger partial charge in [0.25, 0.3) is 11.8 Å². The van der Waals surface area contributed by atoms with E-state index >= 15 is 0 Å². The van der Waals surface area contributed by atoms with Gasteiger partial charge in [-0.3, -0.25) is 20.0 Å². The van der Waals surface area contributed by atoms with Crippen LogP contribution in [0.2, 0.25) is 0 Å². The summed E-state index contributed by atoms with van der Waals surface area (Å²) in [7, 11) is 1.53. The third kappa shape index (κ3) is 3.86. The first-order valence-electron chi connectivity index (χ1n) is 9.22. The number of H-pyrrole nitrogens is 1. The Balaban J connectivity index is 1.41. The highest BCUT2D eigenvalue weighted by Crippen LogP contribution is 2.27. The van der Waals surface area contributed by atoms with Crippen LogP contribution in [0.15, 0.2) is 54.6 Å². The number of amides is 4. The molecule has 9 nitrogen and oxygen atoms in total. The summed E-state index contributed by atoms with van der Waals surface area (Å²) in [5, 5.41) is 12.1. The highest BCUT2D eigenvalue weighted by molar-refractivity contribution is 6.05. The maximum absolute atomic E-state index is 12.5. The van der Waals surface area contributed by atoms with Crippen molar-refractivity contribution in [3.63, 3.8) is 0 Å². The lowest BCUT2D eigenvalue weighted by atomic mass is 10.2. The van der Waals surface area contributed by atoms with E-state index < -0.39 is 11.9 Å². The van der Waals surface area contributed by atoms with Crippen molar-refractivity contribution in [2.75, 3.05) is 12.4 Å². The van der Waals surface area contributed by atoms with E-state index in [1.54, 1.807) is 54.6 Å². The number of methoxy groups -OCH3 is 1. The molecule has 0 unspecified atom stereocenters. The number of carbonyl (C=O) groups is 3. The van der Waals surface area contributed by atoms with E-state index in [2.05, 4.69) is 20.8 Å². The van der Waals surface area contributed by atoms with Gasteiger partial charge in [0.05, 0.1) is 25.9 Å². The van der Waals surface area contributed by atoms with E-state index in [0.717, 1.165) is 0 Å². The van der Waals surface area contributed by atoms with Crippen LogP contribution in [0.4, 0.5) is 10.6 Å². The van der Waals surface area contributed by atoms with Gasteiger partial charge in [-0.2, -0.15) is 5.10 Å². The molecule has 0 bridgehead atoms. The van der Waals surface area contributed by atoms with Crippen LogP contribution in [0.1, 0.15) is 32.0 Å². The number of nitrogens with zero attached hydrogens (tertiary/aromatic N) is 2. The highest BCUT2D eigenvalue weighted by Gasteiger charge is 2.30. The summed E-state index contributed by atoms with van der Waals surface area (Å²) < 4.78 is 5.14. The number of rotatable bonds is 4. The highest BCUT2D eigenvalue weighted by atomic mass is 16.5. The van der Waals surface area contributed by atoms with Gasteiger partial charge in [0.1, 0.15) is 5.75 Å². The summed E-state index contributed by atoms with van der Waals surface area (Å²) in [6.45, 7) is 0.471. The van der Waals surface area contributed by atoms with Gasteiger partial charge in [-0.25, -0.2) is 4.79 Å². The number of ether oxygens (including phenoxy) is 1. The number of urea groups is 1. The number of aromatic nitrogens is 2. The normalized spacial score (nSPS) is 12.2. The molecule has 0 aliphatic carbocycles. The van der Waals surface area contributed by atoms with Crippen LogP contribution in [0.25, 0.3) is 0 Å². The Bertz CT molecular complexity index is 1110. The second kappa shape index (κ2) is 8.08. The molecule has 0 fully saturated rings. The van der Waals surface area contributed by atoms with E-state index in [-0.39, 0.29) is 19.0 Å². The van der Waals surface area contributed by atoms with Gasteiger partial charge in [0.2, 0.25) is 0 Å². The van der Waals surface area contributed by atoms with E-state index in [1.807, 2.05) is 0 Å². The zero-order chi connectivity index (χ0) is 21.1. The summed E-state index contributed by atoms with van der Waals surface area (Å²) in [6.07, 6.45) is 0. The Morgan fingerprint density at radius 3 is 2.53 bits per heavy atom. The zero-order valence-corrected chi connectivity index (χ0v) is 16.1. The average molecular weight is 405 g/mol. The lowest BCUT2D eigenvalue weighted by Crippen LogP contribution is -2.40. The molecule has 1 aromatic heterocycles. The number of hydrogen-bond acceptors (Lipinski definition) is 5. The predicted molar refractivity (Wildman–Crippen MR) is 108 cm³/mol. The first-order chi connectivity index (χ1) is 14.5. The number of anilines is 1. The van der Waals surface area contributed by atoms with Crippen LogP contribution < -0.4 is 15.4 Å². The molecule has 0 radical (unpaired) electrons. The van der Waals surface area contributed by atoms with Crippen LogP contribution in [0.3, 0.4) is 0 Å². The molecule has 4 amide bonds. The van der Waals surface area contributed by atoms with Crippen molar-refractivity contribution < 1.29 is 19.1 Å². The third-order valence-electron chi connectivity index (χ3n) is 4.76. The molecular weight excluding hydrogens is 386 g/mol. The third-order valence-corrected chi connectivity index (χ3v) is 4.76. The number of aromatic amines is 1. The van der Waals surface area contributed by atoms with Crippen LogP contribution in [-0.4, -0.2) is 40.1 Å². The fraction of sp³-hybridized carbons (Fsp3) is 0.143. The quantitative estimate of drug-likeness (QED) is 0.617. The van der Waals surface area contributed by atoms with Crippen molar-refractivity contribution in [1.82, 2.24) is 20.4 Å². The molecule has 30 heavy (non-hydrogen) atoms. The number of benzene rings is 2. The predicted octanol–water partition coefficient (Wildman–Crippen LogP) is 2.54. The lowest BCUT2D eigenvalue weighted by Gasteiger charge is -2.16. The van der Waals surface area contributed by atoms with Crippen molar-refractivity contribution in [3.8, 4) is 5.75 Å². The topological polar surface area (TPSA) is 116 Å². The summed E-state index contributed by atoms with van der Waals surface area (Å²) in [5.41, 5.74) is 2.23.